The van der Waals surface area contributed by atoms with Gasteiger partial charge in [-0.15, -0.1) is 6.58 Å². The van der Waals surface area contributed by atoms with Crippen molar-refractivity contribution in [2.24, 2.45) is 5.92 Å². The number of rotatable bonds is 18. The molecule has 0 saturated carbocycles. The molecular weight excluding hydrogens is 804 g/mol. The molecule has 314 valence electrons. The van der Waals surface area contributed by atoms with Gasteiger partial charge in [0.2, 0.25) is 5.91 Å². The number of phosphoric ester groups is 2. The maximum atomic E-state index is 13.6. The van der Waals surface area contributed by atoms with Crippen LogP contribution in [0.25, 0.3) is 11.2 Å². The summed E-state index contributed by atoms with van der Waals surface area (Å²) in [5.74, 6) is -1.74. The van der Waals surface area contributed by atoms with Gasteiger partial charge in [0.05, 0.1) is 19.5 Å². The van der Waals surface area contributed by atoms with Gasteiger partial charge in [-0.05, 0) is 24.8 Å². The van der Waals surface area contributed by atoms with Gasteiger partial charge < -0.3 is 55.9 Å². The van der Waals surface area contributed by atoms with E-state index in [9.17, 15) is 48.4 Å². The number of esters is 1. The number of nitrogens with zero attached hydrogens (tertiary/aromatic N) is 6. The lowest BCUT2D eigenvalue weighted by Gasteiger charge is -2.26. The lowest BCUT2D eigenvalue weighted by atomic mass is 10.0. The first kappa shape index (κ1) is 43.9. The predicted molar refractivity (Wildman–Crippen MR) is 192 cm³/mol. The number of aliphatic hydroxyl groups is 2. The molecule has 5 rings (SSSR count). The van der Waals surface area contributed by atoms with Gasteiger partial charge in [0.25, 0.3) is 0 Å². The lowest BCUT2D eigenvalue weighted by molar-refractivity contribution is -0.160. The van der Waals surface area contributed by atoms with E-state index in [2.05, 4.69) is 36.4 Å². The molecule has 0 spiro atoms. The molecule has 1 amide bonds. The maximum absolute atomic E-state index is 13.6. The highest BCUT2D eigenvalue weighted by atomic mass is 31.2. The number of aromatic nitrogens is 6. The van der Waals surface area contributed by atoms with Crippen LogP contribution in [0.2, 0.25) is 0 Å². The van der Waals surface area contributed by atoms with Crippen LogP contribution in [0.15, 0.2) is 42.4 Å². The van der Waals surface area contributed by atoms with Gasteiger partial charge >= 0.3 is 27.3 Å². The molecule has 3 aromatic rings. The van der Waals surface area contributed by atoms with Crippen molar-refractivity contribution in [3.63, 3.8) is 0 Å². The monoisotopic (exact) mass is 847 g/mol. The summed E-state index contributed by atoms with van der Waals surface area (Å²) in [4.78, 5) is 83.8. The minimum absolute atomic E-state index is 0.00135. The van der Waals surface area contributed by atoms with Crippen molar-refractivity contribution < 1.29 is 71.4 Å². The maximum Gasteiger partial charge on any atom is 0.472 e. The third-order valence-corrected chi connectivity index (χ3v) is 10.1. The van der Waals surface area contributed by atoms with Crippen molar-refractivity contribution in [1.29, 1.82) is 0 Å². The van der Waals surface area contributed by atoms with E-state index in [0.29, 0.717) is 6.42 Å². The first-order chi connectivity index (χ1) is 26.8. The SMILES string of the molecule is C=CCCC(=O)N[C@@H](CC(C)C)C(=O)O[C@H]1[C@@H](O)[C@H](n2cnc3c(N)ncnc32)O[C@@H]1COP(=O)(O)O[C@H]1[C@@H](O)[C@H](n2ccc(N)nc2=O)O[C@@H]1COP(=O)(O)O. The number of amides is 1. The summed E-state index contributed by atoms with van der Waals surface area (Å²) < 4.78 is 59.1. The average molecular weight is 848 g/mol. The van der Waals surface area contributed by atoms with Gasteiger partial charge in [0.15, 0.2) is 30.0 Å². The van der Waals surface area contributed by atoms with Crippen LogP contribution in [-0.2, 0) is 46.5 Å². The molecule has 10 N–H and O–H groups in total. The quantitative estimate of drug-likeness (QED) is 0.0423. The van der Waals surface area contributed by atoms with Crippen molar-refractivity contribution in [2.45, 2.75) is 88.2 Å². The zero-order valence-corrected chi connectivity index (χ0v) is 32.2. The Morgan fingerprint density at radius 1 is 1.02 bits per heavy atom. The molecule has 57 heavy (non-hydrogen) atoms. The molecule has 3 aromatic heterocycles. The third-order valence-electron chi connectivity index (χ3n) is 8.62. The van der Waals surface area contributed by atoms with E-state index >= 15 is 0 Å². The second-order valence-corrected chi connectivity index (χ2v) is 16.0. The summed E-state index contributed by atoms with van der Waals surface area (Å²) in [5.41, 5.74) is 10.7. The number of phosphoric acid groups is 2. The Kier molecular flexibility index (Phi) is 14.0. The number of nitrogens with two attached hydrogens (primary N) is 2. The number of ether oxygens (including phenoxy) is 3. The van der Waals surface area contributed by atoms with E-state index < -0.39 is 102 Å². The molecule has 2 saturated heterocycles. The normalized spacial score (nSPS) is 26.7. The molecule has 0 aromatic carbocycles. The molecule has 0 aliphatic carbocycles. The number of allylic oxidation sites excluding steroid dienone is 1. The largest absolute Gasteiger partial charge is 0.472 e. The average Bonchev–Trinajstić information content (AvgIpc) is 3.78. The highest BCUT2D eigenvalue weighted by Crippen LogP contribution is 2.50. The minimum Gasteiger partial charge on any atom is -0.455 e. The van der Waals surface area contributed by atoms with Crippen molar-refractivity contribution in [2.75, 3.05) is 24.7 Å². The number of carbonyl (C=O) groups is 2. The molecule has 2 fully saturated rings. The van der Waals surface area contributed by atoms with E-state index in [-0.39, 0.29) is 41.6 Å². The number of imidazole rings is 1. The fourth-order valence-corrected chi connectivity index (χ4v) is 7.35. The second-order valence-electron chi connectivity index (χ2n) is 13.3. The highest BCUT2D eigenvalue weighted by Gasteiger charge is 2.52. The van der Waals surface area contributed by atoms with Crippen LogP contribution in [0, 0.1) is 5.92 Å². The molecule has 0 bridgehead atoms. The molecule has 5 heterocycles. The Labute approximate surface area is 322 Å². The molecule has 1 unspecified atom stereocenters. The summed E-state index contributed by atoms with van der Waals surface area (Å²) in [5, 5.41) is 25.3. The number of anilines is 2. The smallest absolute Gasteiger partial charge is 0.455 e. The predicted octanol–water partition coefficient (Wildman–Crippen LogP) is -1.22. The molecule has 27 heteroatoms. The van der Waals surface area contributed by atoms with Crippen molar-refractivity contribution in [3.05, 3.63) is 48.1 Å². The minimum atomic E-state index is -5.38. The Morgan fingerprint density at radius 3 is 2.32 bits per heavy atom. The van der Waals surface area contributed by atoms with Crippen molar-refractivity contribution in [1.82, 2.24) is 34.4 Å². The summed E-state index contributed by atoms with van der Waals surface area (Å²) in [6, 6.07) is -0.00709. The van der Waals surface area contributed by atoms with Crippen molar-refractivity contribution >= 4 is 50.3 Å². The topological polar surface area (TPSA) is 367 Å². The summed E-state index contributed by atoms with van der Waals surface area (Å²) >= 11 is 0. The first-order valence-electron chi connectivity index (χ1n) is 17.2. The first-order valence-corrected chi connectivity index (χ1v) is 20.2. The summed E-state index contributed by atoms with van der Waals surface area (Å²) in [6.45, 7) is 5.23. The third kappa shape index (κ3) is 10.8. The van der Waals surface area contributed by atoms with E-state index in [1.807, 2.05) is 0 Å². The van der Waals surface area contributed by atoms with Crippen LogP contribution < -0.4 is 22.5 Å². The van der Waals surface area contributed by atoms with E-state index in [0.717, 1.165) is 17.1 Å². The Morgan fingerprint density at radius 2 is 1.67 bits per heavy atom. The number of nitrogens with one attached hydrogen (secondary N) is 1. The van der Waals surface area contributed by atoms with Crippen LogP contribution in [-0.4, -0.2) is 122 Å². The van der Waals surface area contributed by atoms with E-state index in [4.69, 9.17) is 34.7 Å². The van der Waals surface area contributed by atoms with Gasteiger partial charge in [0.1, 0.15) is 54.2 Å². The summed E-state index contributed by atoms with van der Waals surface area (Å²) in [7, 11) is -10.5. The molecular formula is C30H43N9O16P2. The van der Waals surface area contributed by atoms with Crippen LogP contribution in [0.1, 0.15) is 45.6 Å². The van der Waals surface area contributed by atoms with Crippen LogP contribution in [0.5, 0.6) is 0 Å². The van der Waals surface area contributed by atoms with Gasteiger partial charge in [-0.3, -0.25) is 27.5 Å². The number of hydrogen-bond acceptors (Lipinski definition) is 19. The van der Waals surface area contributed by atoms with Gasteiger partial charge in [-0.1, -0.05) is 19.9 Å². The number of carbonyl (C=O) groups excluding carboxylic acids is 2. The molecule has 2 aliphatic heterocycles. The number of fused-ring (bicyclic) bond motifs is 1. The second kappa shape index (κ2) is 18.1. The Hall–Kier alpha value is -4.23. The van der Waals surface area contributed by atoms with Crippen LogP contribution in [0.3, 0.4) is 0 Å². The van der Waals surface area contributed by atoms with Crippen molar-refractivity contribution in [3.8, 4) is 0 Å². The standard InChI is InChI=1S/C30H43N9O16P2/c1-4-5-6-19(40)36-15(9-14(2)3)29(43)54-23-16(52-28(21(23)41)39-13-35-20-25(32)33-12-34-26(20)39)11-51-57(48,49)55-24-17(10-50-56(45,46)47)53-27(22(24)42)38-8-7-18(31)37-30(38)44/h4,7-8,12-17,21-24,27-28,41-42H,1,5-6,9-11H2,2-3H3,(H,36,40)(H,48,49)(H2,31,37,44)(H2,32,33,34)(H2,45,46,47)/t15-,16+,17+,21+,22+,23+,24+,27+,28+/m0/s1. The lowest BCUT2D eigenvalue weighted by Crippen LogP contribution is -2.47. The molecule has 0 radical (unpaired) electrons. The summed E-state index contributed by atoms with van der Waals surface area (Å²) in [6.07, 6.45) is -8.18. The fourth-order valence-electron chi connectivity index (χ4n) is 6.04. The number of nitrogen functional groups attached to an aromatic ring is 2. The van der Waals surface area contributed by atoms with Gasteiger partial charge in [-0.2, -0.15) is 4.98 Å². The zero-order chi connectivity index (χ0) is 41.8. The zero-order valence-electron chi connectivity index (χ0n) is 30.4. The van der Waals surface area contributed by atoms with Crippen LogP contribution >= 0.6 is 15.6 Å². The van der Waals surface area contributed by atoms with Gasteiger partial charge in [-0.25, -0.2) is 33.7 Å². The highest BCUT2D eigenvalue weighted by molar-refractivity contribution is 7.47. The van der Waals surface area contributed by atoms with Gasteiger partial charge in [0, 0.05) is 12.6 Å². The molecule has 25 nitrogen and oxygen atoms in total. The molecule has 10 atom stereocenters. The van der Waals surface area contributed by atoms with E-state index in [1.54, 1.807) is 13.8 Å². The Bertz CT molecular complexity index is 2080. The van der Waals surface area contributed by atoms with Crippen LogP contribution in [0.4, 0.5) is 11.6 Å². The number of hydrogen-bond donors (Lipinski definition) is 8. The molecule has 2 aliphatic rings. The Balaban J connectivity index is 1.39. The fraction of sp³-hybridized carbons (Fsp3) is 0.567. The number of aliphatic hydroxyl groups excluding tert-OH is 2. The van der Waals surface area contributed by atoms with E-state index in [1.165, 1.54) is 23.0 Å².